The lowest BCUT2D eigenvalue weighted by atomic mass is 10.3. The summed E-state index contributed by atoms with van der Waals surface area (Å²) in [6.07, 6.45) is 1.69. The predicted octanol–water partition coefficient (Wildman–Crippen LogP) is 3.53. The van der Waals surface area contributed by atoms with E-state index < -0.39 is 0 Å². The smallest absolute Gasteiger partial charge is 0.272 e. The van der Waals surface area contributed by atoms with E-state index in [0.717, 1.165) is 11.4 Å². The molecule has 0 unspecified atom stereocenters. The normalized spacial score (nSPS) is 10.6. The van der Waals surface area contributed by atoms with E-state index >= 15 is 0 Å². The highest BCUT2D eigenvalue weighted by atomic mass is 16.5. The number of hydrogen-bond acceptors (Lipinski definition) is 6. The molecule has 2 heterocycles. The number of aromatic nitrogens is 2. The van der Waals surface area contributed by atoms with Crippen molar-refractivity contribution in [1.29, 1.82) is 0 Å². The summed E-state index contributed by atoms with van der Waals surface area (Å²) in [5.74, 6) is 1.72. The van der Waals surface area contributed by atoms with Crippen LogP contribution in [-0.4, -0.2) is 22.2 Å². The minimum atomic E-state index is -0.310. The van der Waals surface area contributed by atoms with Crippen molar-refractivity contribution in [3.63, 3.8) is 0 Å². The molecule has 1 aromatic carbocycles. The number of ether oxygens (including phenoxy) is 1. The van der Waals surface area contributed by atoms with Gasteiger partial charge in [0.2, 0.25) is 0 Å². The number of nitrogens with one attached hydrogen (secondary N) is 2. The summed E-state index contributed by atoms with van der Waals surface area (Å²) in [6, 6.07) is 14.4. The molecule has 0 radical (unpaired) electrons. The average molecular weight is 352 g/mol. The molecule has 0 spiro atoms. The van der Waals surface area contributed by atoms with E-state index in [1.807, 2.05) is 38.1 Å². The summed E-state index contributed by atoms with van der Waals surface area (Å²) in [4.78, 5) is 12.0. The van der Waals surface area contributed by atoms with E-state index in [0.29, 0.717) is 18.1 Å². The Hall–Kier alpha value is -3.35. The lowest BCUT2D eigenvalue weighted by Crippen LogP contribution is -2.23. The molecule has 0 aliphatic carbocycles. The molecule has 0 saturated carbocycles. The molecule has 2 aromatic heterocycles. The van der Waals surface area contributed by atoms with Gasteiger partial charge in [0.15, 0.2) is 11.5 Å². The van der Waals surface area contributed by atoms with Crippen molar-refractivity contribution in [1.82, 2.24) is 15.5 Å². The van der Waals surface area contributed by atoms with Crippen LogP contribution in [0, 0.1) is 0 Å². The lowest BCUT2D eigenvalue weighted by Gasteiger charge is -2.10. The first-order valence-corrected chi connectivity index (χ1v) is 8.28. The number of rotatable bonds is 7. The number of amides is 1. The van der Waals surface area contributed by atoms with Crippen LogP contribution in [0.2, 0.25) is 0 Å². The van der Waals surface area contributed by atoms with Gasteiger partial charge >= 0.3 is 0 Å². The fraction of sp³-hybridized carbons (Fsp3) is 0.211. The number of nitrogens with zero attached hydrogens (tertiary/aromatic N) is 2. The maximum Gasteiger partial charge on any atom is 0.272 e. The van der Waals surface area contributed by atoms with Gasteiger partial charge in [0.05, 0.1) is 18.9 Å². The SMILES string of the molecule is CC(C)Oc1ccc(Nc2ccc(C(=O)NCc3ccco3)nn2)cc1. The van der Waals surface area contributed by atoms with Crippen LogP contribution in [0.1, 0.15) is 30.1 Å². The first-order chi connectivity index (χ1) is 12.6. The highest BCUT2D eigenvalue weighted by Gasteiger charge is 2.09. The molecule has 7 heteroatoms. The van der Waals surface area contributed by atoms with E-state index in [9.17, 15) is 4.79 Å². The Bertz CT molecular complexity index is 828. The van der Waals surface area contributed by atoms with Crippen molar-refractivity contribution in [2.75, 3.05) is 5.32 Å². The summed E-state index contributed by atoms with van der Waals surface area (Å²) >= 11 is 0. The fourth-order valence-corrected chi connectivity index (χ4v) is 2.23. The molecule has 3 rings (SSSR count). The number of carbonyl (C=O) groups is 1. The minimum absolute atomic E-state index is 0.131. The van der Waals surface area contributed by atoms with Gasteiger partial charge in [-0.15, -0.1) is 10.2 Å². The van der Waals surface area contributed by atoms with Crippen molar-refractivity contribution in [2.45, 2.75) is 26.5 Å². The van der Waals surface area contributed by atoms with Gasteiger partial charge in [-0.3, -0.25) is 4.79 Å². The zero-order valence-corrected chi connectivity index (χ0v) is 14.6. The molecule has 0 atom stereocenters. The van der Waals surface area contributed by atoms with Gasteiger partial charge in [-0.25, -0.2) is 0 Å². The molecule has 0 aliphatic rings. The Morgan fingerprint density at radius 1 is 1.12 bits per heavy atom. The first kappa shape index (κ1) is 17.5. The summed E-state index contributed by atoms with van der Waals surface area (Å²) in [5.41, 5.74) is 1.09. The van der Waals surface area contributed by atoms with E-state index in [-0.39, 0.29) is 17.7 Å². The predicted molar refractivity (Wildman–Crippen MR) is 97.4 cm³/mol. The van der Waals surface area contributed by atoms with E-state index in [4.69, 9.17) is 9.15 Å². The quantitative estimate of drug-likeness (QED) is 0.676. The van der Waals surface area contributed by atoms with Gasteiger partial charge in [-0.2, -0.15) is 0 Å². The van der Waals surface area contributed by atoms with Crippen molar-refractivity contribution in [2.24, 2.45) is 0 Å². The van der Waals surface area contributed by atoms with E-state index in [2.05, 4.69) is 20.8 Å². The van der Waals surface area contributed by atoms with Crippen LogP contribution in [0.25, 0.3) is 0 Å². The number of benzene rings is 1. The van der Waals surface area contributed by atoms with Crippen molar-refractivity contribution < 1.29 is 13.9 Å². The fourth-order valence-electron chi connectivity index (χ4n) is 2.23. The second kappa shape index (κ2) is 8.15. The van der Waals surface area contributed by atoms with Crippen molar-refractivity contribution in [3.8, 4) is 5.75 Å². The van der Waals surface area contributed by atoms with Gasteiger partial charge < -0.3 is 19.8 Å². The average Bonchev–Trinajstić information content (AvgIpc) is 3.15. The number of carbonyl (C=O) groups excluding carboxylic acids is 1. The summed E-state index contributed by atoms with van der Waals surface area (Å²) in [7, 11) is 0. The molecule has 3 aromatic rings. The van der Waals surface area contributed by atoms with Crippen LogP contribution in [0.4, 0.5) is 11.5 Å². The third kappa shape index (κ3) is 4.83. The van der Waals surface area contributed by atoms with Crippen LogP contribution in [0.5, 0.6) is 5.75 Å². The molecule has 0 saturated heterocycles. The molecule has 134 valence electrons. The Labute approximate surface area is 151 Å². The number of furan rings is 1. The minimum Gasteiger partial charge on any atom is -0.491 e. The van der Waals surface area contributed by atoms with Crippen LogP contribution >= 0.6 is 0 Å². The topological polar surface area (TPSA) is 89.3 Å². The Kier molecular flexibility index (Phi) is 5.48. The Morgan fingerprint density at radius 2 is 1.92 bits per heavy atom. The van der Waals surface area contributed by atoms with Crippen molar-refractivity contribution >= 4 is 17.4 Å². The molecule has 26 heavy (non-hydrogen) atoms. The molecule has 1 amide bonds. The van der Waals surface area contributed by atoms with E-state index in [1.165, 1.54) is 0 Å². The molecule has 0 fully saturated rings. The second-order valence-electron chi connectivity index (χ2n) is 5.88. The maximum atomic E-state index is 12.0. The first-order valence-electron chi connectivity index (χ1n) is 8.28. The molecular formula is C19H20N4O3. The Balaban J connectivity index is 1.56. The largest absolute Gasteiger partial charge is 0.491 e. The second-order valence-corrected chi connectivity index (χ2v) is 5.88. The van der Waals surface area contributed by atoms with E-state index in [1.54, 1.807) is 30.5 Å². The third-order valence-corrected chi connectivity index (χ3v) is 3.40. The third-order valence-electron chi connectivity index (χ3n) is 3.40. The van der Waals surface area contributed by atoms with Crippen LogP contribution < -0.4 is 15.4 Å². The number of hydrogen-bond donors (Lipinski definition) is 2. The summed E-state index contributed by atoms with van der Waals surface area (Å²) in [5, 5.41) is 13.8. The molecule has 7 nitrogen and oxygen atoms in total. The summed E-state index contributed by atoms with van der Waals surface area (Å²) < 4.78 is 10.8. The van der Waals surface area contributed by atoms with Gasteiger partial charge in [0.1, 0.15) is 11.5 Å². The molecule has 0 aliphatic heterocycles. The van der Waals surface area contributed by atoms with Crippen LogP contribution in [-0.2, 0) is 6.54 Å². The lowest BCUT2D eigenvalue weighted by molar-refractivity contribution is 0.0942. The van der Waals surface area contributed by atoms with Gasteiger partial charge in [-0.05, 0) is 62.4 Å². The zero-order valence-electron chi connectivity index (χ0n) is 14.6. The zero-order chi connectivity index (χ0) is 18.4. The molecular weight excluding hydrogens is 332 g/mol. The van der Waals surface area contributed by atoms with Gasteiger partial charge in [0.25, 0.3) is 5.91 Å². The van der Waals surface area contributed by atoms with Gasteiger partial charge in [0, 0.05) is 5.69 Å². The highest BCUT2D eigenvalue weighted by molar-refractivity contribution is 5.92. The highest BCUT2D eigenvalue weighted by Crippen LogP contribution is 2.19. The maximum absolute atomic E-state index is 12.0. The van der Waals surface area contributed by atoms with Gasteiger partial charge in [-0.1, -0.05) is 0 Å². The van der Waals surface area contributed by atoms with Crippen LogP contribution in [0.15, 0.2) is 59.2 Å². The standard InChI is InChI=1S/C19H20N4O3/c1-13(2)26-15-7-5-14(6-8-15)21-18-10-9-17(22-23-18)19(24)20-12-16-4-3-11-25-16/h3-11,13H,12H2,1-2H3,(H,20,24)(H,21,23). The van der Waals surface area contributed by atoms with Crippen LogP contribution in [0.3, 0.4) is 0 Å². The Morgan fingerprint density at radius 3 is 2.54 bits per heavy atom. The number of anilines is 2. The summed E-state index contributed by atoms with van der Waals surface area (Å²) in [6.45, 7) is 4.26. The van der Waals surface area contributed by atoms with Crippen molar-refractivity contribution in [3.05, 3.63) is 66.2 Å². The molecule has 2 N–H and O–H groups in total. The molecule has 0 bridgehead atoms. The monoisotopic (exact) mass is 352 g/mol.